The summed E-state index contributed by atoms with van der Waals surface area (Å²) in [4.78, 5) is 20.6. The van der Waals surface area contributed by atoms with Crippen LogP contribution in [0.1, 0.15) is 62.8 Å². The lowest BCUT2D eigenvalue weighted by Crippen LogP contribution is -2.45. The number of nitrogens with one attached hydrogen (secondary N) is 1. The van der Waals surface area contributed by atoms with E-state index in [1.165, 1.54) is 16.7 Å². The van der Waals surface area contributed by atoms with Gasteiger partial charge >= 0.3 is 6.03 Å². The molecular weight excluding hydrogens is 468 g/mol. The molecule has 1 N–H and O–H groups in total. The topological polar surface area (TPSA) is 78.2 Å². The van der Waals surface area contributed by atoms with Gasteiger partial charge in [0.15, 0.2) is 0 Å². The number of carbonyl (C=O) groups is 1. The second kappa shape index (κ2) is 10.3. The van der Waals surface area contributed by atoms with Crippen LogP contribution in [0.2, 0.25) is 0 Å². The molecule has 1 saturated heterocycles. The quantitative estimate of drug-likeness (QED) is 0.430. The van der Waals surface area contributed by atoms with Gasteiger partial charge in [-0.2, -0.15) is 5.26 Å². The van der Waals surface area contributed by atoms with Gasteiger partial charge in [-0.1, -0.05) is 25.1 Å². The molecule has 7 heteroatoms. The monoisotopic (exact) mass is 500 g/mol. The highest BCUT2D eigenvalue weighted by Crippen LogP contribution is 2.41. The maximum absolute atomic E-state index is 12.9. The largest absolute Gasteiger partial charge is 0.490 e. The Balaban J connectivity index is 1.35. The van der Waals surface area contributed by atoms with E-state index in [-0.39, 0.29) is 18.2 Å². The number of nitriles is 1. The fraction of sp³-hybridized carbons (Fsp3) is 0.414. The van der Waals surface area contributed by atoms with Gasteiger partial charge in [0.1, 0.15) is 16.8 Å². The molecule has 6 nitrogen and oxygen atoms in total. The Labute approximate surface area is 216 Å². The number of likely N-dealkylation sites (tertiary alicyclic amines) is 1. The second-order valence-corrected chi connectivity index (χ2v) is 11.1. The Morgan fingerprint density at radius 2 is 2.03 bits per heavy atom. The van der Waals surface area contributed by atoms with Crippen molar-refractivity contribution in [3.63, 3.8) is 0 Å². The number of urea groups is 1. The summed E-state index contributed by atoms with van der Waals surface area (Å²) >= 11 is 1.63. The van der Waals surface area contributed by atoms with Crippen molar-refractivity contribution < 1.29 is 9.53 Å². The van der Waals surface area contributed by atoms with E-state index in [4.69, 9.17) is 4.74 Å². The summed E-state index contributed by atoms with van der Waals surface area (Å²) in [6.45, 7) is 7.84. The highest BCUT2D eigenvalue weighted by molar-refractivity contribution is 7.18. The average Bonchev–Trinajstić information content (AvgIpc) is 3.52. The Morgan fingerprint density at radius 3 is 2.78 bits per heavy atom. The molecule has 1 aliphatic carbocycles. The van der Waals surface area contributed by atoms with E-state index in [2.05, 4.69) is 41.5 Å². The van der Waals surface area contributed by atoms with Crippen molar-refractivity contribution in [3.8, 4) is 32.8 Å². The Morgan fingerprint density at radius 1 is 1.22 bits per heavy atom. The Bertz CT molecular complexity index is 1300. The molecule has 1 atom stereocenters. The molecule has 1 aromatic heterocycles. The third kappa shape index (κ3) is 4.96. The van der Waals surface area contributed by atoms with Gasteiger partial charge in [-0.05, 0) is 80.3 Å². The molecule has 3 aromatic rings. The maximum Gasteiger partial charge on any atom is 0.317 e. The summed E-state index contributed by atoms with van der Waals surface area (Å²) in [5.74, 6) is 1.30. The number of rotatable bonds is 5. The highest BCUT2D eigenvalue weighted by atomic mass is 32.1. The zero-order valence-electron chi connectivity index (χ0n) is 21.1. The number of carbonyl (C=O) groups excluding carboxylic acids is 1. The third-order valence-corrected chi connectivity index (χ3v) is 8.20. The lowest BCUT2D eigenvalue weighted by atomic mass is 9.99. The SMILES string of the molecule is CC1CCN(C(=O)N[C@H]2CCc3c(-c4cnc(-c5ccc(OC(C)C)c(C#N)c5)s4)cccc32)CC1. The molecule has 0 radical (unpaired) electrons. The summed E-state index contributed by atoms with van der Waals surface area (Å²) in [6, 6.07) is 14.4. The zero-order valence-corrected chi connectivity index (χ0v) is 21.9. The van der Waals surface area contributed by atoms with Gasteiger partial charge in [-0.25, -0.2) is 9.78 Å². The fourth-order valence-electron chi connectivity index (χ4n) is 5.13. The normalized spacial score (nSPS) is 17.6. The molecule has 1 aliphatic heterocycles. The summed E-state index contributed by atoms with van der Waals surface area (Å²) < 4.78 is 5.76. The van der Waals surface area contributed by atoms with Crippen molar-refractivity contribution >= 4 is 17.4 Å². The first-order valence-electron chi connectivity index (χ1n) is 12.8. The van der Waals surface area contributed by atoms with Crippen LogP contribution in [0.5, 0.6) is 5.75 Å². The van der Waals surface area contributed by atoms with Crippen LogP contribution in [0.25, 0.3) is 21.0 Å². The second-order valence-electron chi connectivity index (χ2n) is 10.1. The zero-order chi connectivity index (χ0) is 25.2. The smallest absolute Gasteiger partial charge is 0.317 e. The van der Waals surface area contributed by atoms with E-state index in [9.17, 15) is 10.1 Å². The van der Waals surface area contributed by atoms with Crippen LogP contribution in [0.4, 0.5) is 4.79 Å². The predicted octanol–water partition coefficient (Wildman–Crippen LogP) is 6.56. The maximum atomic E-state index is 12.9. The number of hydrogen-bond donors (Lipinski definition) is 1. The summed E-state index contributed by atoms with van der Waals surface area (Å²) in [5, 5.41) is 13.8. The van der Waals surface area contributed by atoms with Crippen molar-refractivity contribution in [2.24, 2.45) is 5.92 Å². The van der Waals surface area contributed by atoms with E-state index in [1.807, 2.05) is 43.1 Å². The number of benzene rings is 2. The van der Waals surface area contributed by atoms with Crippen LogP contribution in [0, 0.1) is 17.2 Å². The van der Waals surface area contributed by atoms with E-state index < -0.39 is 0 Å². The average molecular weight is 501 g/mol. The summed E-state index contributed by atoms with van der Waals surface area (Å²) in [6.07, 6.45) is 5.93. The molecule has 2 aromatic carbocycles. The van der Waals surface area contributed by atoms with Crippen LogP contribution in [-0.2, 0) is 6.42 Å². The minimum Gasteiger partial charge on any atom is -0.490 e. The number of hydrogen-bond acceptors (Lipinski definition) is 5. The molecule has 36 heavy (non-hydrogen) atoms. The van der Waals surface area contributed by atoms with Gasteiger partial charge < -0.3 is 15.0 Å². The molecule has 0 unspecified atom stereocenters. The van der Waals surface area contributed by atoms with Crippen molar-refractivity contribution in [1.82, 2.24) is 15.2 Å². The molecule has 2 heterocycles. The first kappa shape index (κ1) is 24.3. The number of thiazole rings is 1. The Hall–Kier alpha value is -3.37. The number of ether oxygens (including phenoxy) is 1. The molecule has 186 valence electrons. The predicted molar refractivity (Wildman–Crippen MR) is 143 cm³/mol. The van der Waals surface area contributed by atoms with Gasteiger partial charge in [0.2, 0.25) is 0 Å². The first-order valence-corrected chi connectivity index (χ1v) is 13.6. The molecule has 5 rings (SSSR count). The van der Waals surface area contributed by atoms with Gasteiger partial charge in [0.05, 0.1) is 22.6 Å². The molecule has 0 saturated carbocycles. The van der Waals surface area contributed by atoms with Crippen molar-refractivity contribution in [1.29, 1.82) is 5.26 Å². The Kier molecular flexibility index (Phi) is 6.97. The number of piperidine rings is 1. The molecule has 2 aliphatic rings. The van der Waals surface area contributed by atoms with E-state index >= 15 is 0 Å². The summed E-state index contributed by atoms with van der Waals surface area (Å²) in [5.41, 5.74) is 5.11. The van der Waals surface area contributed by atoms with Crippen LogP contribution in [0.3, 0.4) is 0 Å². The van der Waals surface area contributed by atoms with Crippen LogP contribution >= 0.6 is 11.3 Å². The highest BCUT2D eigenvalue weighted by Gasteiger charge is 2.29. The number of fused-ring (bicyclic) bond motifs is 1. The van der Waals surface area contributed by atoms with Gasteiger partial charge in [-0.3, -0.25) is 0 Å². The molecule has 0 bridgehead atoms. The standard InChI is InChI=1S/C29H32N4O2S/c1-18(2)35-26-10-7-20(15-21(26)16-30)28-31-17-27(36-28)24-6-4-5-23-22(24)8-9-25(23)32-29(34)33-13-11-19(3)12-14-33/h4-7,10,15,17-19,25H,8-9,11-14H2,1-3H3,(H,32,34)/t25-/m0/s1. The van der Waals surface area contributed by atoms with Crippen molar-refractivity contribution in [2.75, 3.05) is 13.1 Å². The lowest BCUT2D eigenvalue weighted by molar-refractivity contribution is 0.170. The van der Waals surface area contributed by atoms with Crippen LogP contribution in [0.15, 0.2) is 42.6 Å². The number of nitrogens with zero attached hydrogens (tertiary/aromatic N) is 3. The molecule has 2 amide bonds. The molecule has 1 fully saturated rings. The lowest BCUT2D eigenvalue weighted by Gasteiger charge is -2.31. The molecular formula is C29H32N4O2S. The van der Waals surface area contributed by atoms with Crippen LogP contribution in [-0.4, -0.2) is 35.1 Å². The van der Waals surface area contributed by atoms with Gasteiger partial charge in [0.25, 0.3) is 0 Å². The van der Waals surface area contributed by atoms with Crippen molar-refractivity contribution in [2.45, 2.75) is 58.6 Å². The van der Waals surface area contributed by atoms with E-state index in [0.29, 0.717) is 17.2 Å². The van der Waals surface area contributed by atoms with Gasteiger partial charge in [0, 0.05) is 24.8 Å². The minimum absolute atomic E-state index is 0.00625. The minimum atomic E-state index is 0.00625. The summed E-state index contributed by atoms with van der Waals surface area (Å²) in [7, 11) is 0. The van der Waals surface area contributed by atoms with Crippen LogP contribution < -0.4 is 10.1 Å². The number of amides is 2. The third-order valence-electron chi connectivity index (χ3n) is 7.12. The van der Waals surface area contributed by atoms with E-state index in [0.717, 1.165) is 54.2 Å². The van der Waals surface area contributed by atoms with E-state index in [1.54, 1.807) is 11.3 Å². The number of aromatic nitrogens is 1. The first-order chi connectivity index (χ1) is 17.4. The van der Waals surface area contributed by atoms with Crippen molar-refractivity contribution in [3.05, 3.63) is 59.3 Å². The molecule has 0 spiro atoms. The van der Waals surface area contributed by atoms with Gasteiger partial charge in [-0.15, -0.1) is 11.3 Å². The fourth-order valence-corrected chi connectivity index (χ4v) is 6.09.